The molecule has 0 radical (unpaired) electrons. The predicted octanol–water partition coefficient (Wildman–Crippen LogP) is 6.89. The Morgan fingerprint density at radius 2 is 1.53 bits per heavy atom. The Labute approximate surface area is 214 Å². The van der Waals surface area contributed by atoms with Crippen LogP contribution in [-0.4, -0.2) is 25.2 Å². The topological polar surface area (TPSA) is 66.5 Å². The lowest BCUT2D eigenvalue weighted by Gasteiger charge is -2.22. The van der Waals surface area contributed by atoms with E-state index in [1.165, 1.54) is 24.3 Å². The van der Waals surface area contributed by atoms with Gasteiger partial charge in [-0.2, -0.15) is 4.31 Å². The smallest absolute Gasteiger partial charge is 0.243 e. The van der Waals surface area contributed by atoms with Crippen LogP contribution in [0.4, 0.5) is 5.69 Å². The van der Waals surface area contributed by atoms with E-state index in [9.17, 15) is 13.2 Å². The Balaban J connectivity index is 1.92. The molecule has 168 valence electrons. The summed E-state index contributed by atoms with van der Waals surface area (Å²) < 4.78 is 28.4. The van der Waals surface area contributed by atoms with Gasteiger partial charge in [0, 0.05) is 16.0 Å². The summed E-state index contributed by atoms with van der Waals surface area (Å²) in [6, 6.07) is 15.5. The highest BCUT2D eigenvalue weighted by Crippen LogP contribution is 2.27. The number of carbonyl (C=O) groups is 1. The first-order valence-electron chi connectivity index (χ1n) is 9.01. The third-order valence-electron chi connectivity index (χ3n) is 4.32. The fraction of sp³-hybridized carbons (Fsp3) is 0.0952. The molecule has 0 unspecified atom stereocenters. The number of rotatable bonds is 7. The van der Waals surface area contributed by atoms with Crippen LogP contribution >= 0.6 is 62.3 Å². The van der Waals surface area contributed by atoms with Gasteiger partial charge in [0.15, 0.2) is 0 Å². The lowest BCUT2D eigenvalue weighted by atomic mass is 10.2. The molecule has 0 aliphatic carbocycles. The van der Waals surface area contributed by atoms with Crippen molar-refractivity contribution in [1.82, 2.24) is 4.31 Å². The Bertz CT molecular complexity index is 1250. The van der Waals surface area contributed by atoms with E-state index in [4.69, 9.17) is 46.4 Å². The number of sulfonamides is 1. The van der Waals surface area contributed by atoms with Crippen LogP contribution in [0.15, 0.2) is 70.0 Å². The van der Waals surface area contributed by atoms with E-state index in [1.54, 1.807) is 36.4 Å². The second-order valence-electron chi connectivity index (χ2n) is 6.65. The first-order chi connectivity index (χ1) is 15.1. The van der Waals surface area contributed by atoms with Gasteiger partial charge in [-0.05, 0) is 60.2 Å². The lowest BCUT2D eigenvalue weighted by Crippen LogP contribution is -2.37. The number of amides is 1. The van der Waals surface area contributed by atoms with Crippen LogP contribution in [0.1, 0.15) is 5.56 Å². The number of nitrogens with zero attached hydrogens (tertiary/aromatic N) is 1. The highest BCUT2D eigenvalue weighted by atomic mass is 79.9. The predicted molar refractivity (Wildman–Crippen MR) is 133 cm³/mol. The van der Waals surface area contributed by atoms with E-state index < -0.39 is 22.5 Å². The Morgan fingerprint density at radius 3 is 2.19 bits per heavy atom. The minimum absolute atomic E-state index is 0.0364. The van der Waals surface area contributed by atoms with E-state index >= 15 is 0 Å². The molecule has 1 N–H and O–H groups in total. The van der Waals surface area contributed by atoms with Gasteiger partial charge < -0.3 is 5.32 Å². The number of anilines is 1. The van der Waals surface area contributed by atoms with Gasteiger partial charge in [0.1, 0.15) is 0 Å². The quantitative estimate of drug-likeness (QED) is 0.323. The van der Waals surface area contributed by atoms with Gasteiger partial charge in [-0.15, -0.1) is 0 Å². The minimum Gasteiger partial charge on any atom is -0.324 e. The molecule has 32 heavy (non-hydrogen) atoms. The normalized spacial score (nSPS) is 11.6. The molecule has 3 aromatic carbocycles. The molecule has 3 aromatic rings. The van der Waals surface area contributed by atoms with Crippen molar-refractivity contribution in [3.8, 4) is 0 Å². The van der Waals surface area contributed by atoms with E-state index in [-0.39, 0.29) is 27.2 Å². The number of halogens is 5. The molecular formula is C21H15BrCl4N2O3S. The first kappa shape index (κ1) is 25.3. The molecule has 5 nitrogen and oxygen atoms in total. The molecule has 0 saturated carbocycles. The molecule has 0 saturated heterocycles. The van der Waals surface area contributed by atoms with Gasteiger partial charge in [-0.1, -0.05) is 68.4 Å². The number of nitrogens with one attached hydrogen (secondary N) is 1. The molecule has 0 aromatic heterocycles. The van der Waals surface area contributed by atoms with Crippen molar-refractivity contribution >= 4 is 84.0 Å². The first-order valence-corrected chi connectivity index (χ1v) is 12.8. The molecule has 0 aliphatic rings. The molecular weight excluding hydrogens is 582 g/mol. The van der Waals surface area contributed by atoms with Gasteiger partial charge in [-0.25, -0.2) is 8.42 Å². The summed E-state index contributed by atoms with van der Waals surface area (Å²) in [5.41, 5.74) is 0.841. The van der Waals surface area contributed by atoms with Gasteiger partial charge in [-0.3, -0.25) is 4.79 Å². The highest BCUT2D eigenvalue weighted by Gasteiger charge is 2.27. The minimum atomic E-state index is -4.03. The largest absolute Gasteiger partial charge is 0.324 e. The van der Waals surface area contributed by atoms with Crippen molar-refractivity contribution in [3.05, 3.63) is 90.8 Å². The summed E-state index contributed by atoms with van der Waals surface area (Å²) in [6.07, 6.45) is 0. The molecule has 3 rings (SSSR count). The molecule has 11 heteroatoms. The van der Waals surface area contributed by atoms with Gasteiger partial charge in [0.2, 0.25) is 15.9 Å². The molecule has 0 atom stereocenters. The van der Waals surface area contributed by atoms with Crippen LogP contribution in [0.3, 0.4) is 0 Å². The third-order valence-corrected chi connectivity index (χ3v) is 7.96. The van der Waals surface area contributed by atoms with Crippen molar-refractivity contribution in [2.75, 3.05) is 11.9 Å². The monoisotopic (exact) mass is 594 g/mol. The summed E-state index contributed by atoms with van der Waals surface area (Å²) in [5, 5.41) is 3.87. The molecule has 0 fully saturated rings. The highest BCUT2D eigenvalue weighted by molar-refractivity contribution is 9.10. The average molecular weight is 597 g/mol. The summed E-state index contributed by atoms with van der Waals surface area (Å²) in [5.74, 6) is -0.588. The summed E-state index contributed by atoms with van der Waals surface area (Å²) in [7, 11) is -4.03. The van der Waals surface area contributed by atoms with Gasteiger partial charge in [0.05, 0.1) is 32.2 Å². The SMILES string of the molecule is O=C(CN(Cc1ccc(Cl)c(Cl)c1)S(=O)(=O)c1ccc(Br)cc1)Nc1cc(Cl)ccc1Cl. The Morgan fingerprint density at radius 1 is 0.875 bits per heavy atom. The van der Waals surface area contributed by atoms with Crippen molar-refractivity contribution in [3.63, 3.8) is 0 Å². The molecule has 0 spiro atoms. The maximum atomic E-state index is 13.3. The zero-order valence-corrected chi connectivity index (χ0v) is 21.6. The van der Waals surface area contributed by atoms with Gasteiger partial charge >= 0.3 is 0 Å². The Kier molecular flexibility index (Phi) is 8.49. The average Bonchev–Trinajstić information content (AvgIpc) is 2.73. The second kappa shape index (κ2) is 10.7. The number of hydrogen-bond acceptors (Lipinski definition) is 3. The van der Waals surface area contributed by atoms with Crippen LogP contribution in [0, 0.1) is 0 Å². The van der Waals surface area contributed by atoms with E-state index in [1.807, 2.05) is 0 Å². The standard InChI is InChI=1S/C21H15BrCl4N2O3S/c22-14-2-5-16(6-3-14)32(30,31)28(11-13-1-7-17(24)19(26)9-13)12-21(29)27-20-10-15(23)4-8-18(20)25/h1-10H,11-12H2,(H,27,29). The molecule has 0 heterocycles. The number of carbonyl (C=O) groups excluding carboxylic acids is 1. The fourth-order valence-electron chi connectivity index (χ4n) is 2.77. The van der Waals surface area contributed by atoms with Gasteiger partial charge in [0.25, 0.3) is 0 Å². The summed E-state index contributed by atoms with van der Waals surface area (Å²) in [4.78, 5) is 12.8. The second-order valence-corrected chi connectivity index (χ2v) is 11.2. The molecule has 0 bridgehead atoms. The van der Waals surface area contributed by atoms with Crippen LogP contribution < -0.4 is 5.32 Å². The third kappa shape index (κ3) is 6.38. The number of benzene rings is 3. The molecule has 0 aliphatic heterocycles. The van der Waals surface area contributed by atoms with Crippen LogP contribution in [-0.2, 0) is 21.4 Å². The number of hydrogen-bond donors (Lipinski definition) is 1. The Hall–Kier alpha value is -1.32. The van der Waals surface area contributed by atoms with Crippen LogP contribution in [0.25, 0.3) is 0 Å². The van der Waals surface area contributed by atoms with E-state index in [0.717, 1.165) is 8.78 Å². The van der Waals surface area contributed by atoms with E-state index in [0.29, 0.717) is 15.6 Å². The van der Waals surface area contributed by atoms with Crippen LogP contribution in [0.5, 0.6) is 0 Å². The maximum Gasteiger partial charge on any atom is 0.243 e. The lowest BCUT2D eigenvalue weighted by molar-refractivity contribution is -0.116. The van der Waals surface area contributed by atoms with Crippen molar-refractivity contribution in [1.29, 1.82) is 0 Å². The maximum absolute atomic E-state index is 13.3. The van der Waals surface area contributed by atoms with Crippen LogP contribution in [0.2, 0.25) is 20.1 Å². The summed E-state index contributed by atoms with van der Waals surface area (Å²) >= 11 is 27.4. The zero-order chi connectivity index (χ0) is 23.5. The van der Waals surface area contributed by atoms with E-state index in [2.05, 4.69) is 21.2 Å². The van der Waals surface area contributed by atoms with Crippen molar-refractivity contribution in [2.24, 2.45) is 0 Å². The van der Waals surface area contributed by atoms with Crippen molar-refractivity contribution < 1.29 is 13.2 Å². The molecule has 1 amide bonds. The summed E-state index contributed by atoms with van der Waals surface area (Å²) in [6.45, 7) is -0.576. The fourth-order valence-corrected chi connectivity index (χ4v) is 5.07. The van der Waals surface area contributed by atoms with Crippen molar-refractivity contribution in [2.45, 2.75) is 11.4 Å². The zero-order valence-electron chi connectivity index (χ0n) is 16.2.